The number of carbonyl (C=O) groups excluding carboxylic acids is 2. The SMILES string of the molecule is CCC1(CC)CC(=O)N(c2cc(Br)ccc2C(=O)O)C1=O. The second kappa shape index (κ2) is 5.60. The van der Waals surface area contributed by atoms with Crippen LogP contribution in [0.3, 0.4) is 0 Å². The lowest BCUT2D eigenvalue weighted by Crippen LogP contribution is -2.36. The monoisotopic (exact) mass is 353 g/mol. The minimum Gasteiger partial charge on any atom is -0.478 e. The Kier molecular flexibility index (Phi) is 4.18. The third-order valence-electron chi connectivity index (χ3n) is 4.18. The molecule has 1 heterocycles. The van der Waals surface area contributed by atoms with Crippen molar-refractivity contribution in [3.05, 3.63) is 28.2 Å². The topological polar surface area (TPSA) is 74.7 Å². The fourth-order valence-electron chi connectivity index (χ4n) is 2.71. The lowest BCUT2D eigenvalue weighted by molar-refractivity contribution is -0.126. The number of aromatic carboxylic acids is 1. The molecule has 2 amide bonds. The summed E-state index contributed by atoms with van der Waals surface area (Å²) in [7, 11) is 0. The molecule has 6 heteroatoms. The van der Waals surface area contributed by atoms with E-state index in [1.165, 1.54) is 12.1 Å². The number of rotatable bonds is 4. The van der Waals surface area contributed by atoms with Gasteiger partial charge in [0.25, 0.3) is 0 Å². The lowest BCUT2D eigenvalue weighted by atomic mass is 9.81. The molecule has 1 aromatic carbocycles. The molecule has 1 aliphatic rings. The summed E-state index contributed by atoms with van der Waals surface area (Å²) in [5, 5.41) is 9.27. The van der Waals surface area contributed by atoms with E-state index in [0.29, 0.717) is 17.3 Å². The van der Waals surface area contributed by atoms with E-state index in [-0.39, 0.29) is 29.5 Å². The third kappa shape index (κ3) is 2.48. The molecule has 1 aromatic rings. The number of hydrogen-bond acceptors (Lipinski definition) is 3. The summed E-state index contributed by atoms with van der Waals surface area (Å²) in [6, 6.07) is 4.46. The second-order valence-corrected chi connectivity index (χ2v) is 6.08. The van der Waals surface area contributed by atoms with Crippen LogP contribution in [0.25, 0.3) is 0 Å². The number of carbonyl (C=O) groups is 3. The Bertz CT molecular complexity index is 622. The maximum atomic E-state index is 12.7. The Balaban J connectivity index is 2.57. The van der Waals surface area contributed by atoms with Gasteiger partial charge in [0.2, 0.25) is 11.8 Å². The zero-order valence-electron chi connectivity index (χ0n) is 11.9. The van der Waals surface area contributed by atoms with Crippen molar-refractivity contribution in [3.8, 4) is 0 Å². The number of carboxylic acid groups (broad SMARTS) is 1. The van der Waals surface area contributed by atoms with Crippen LogP contribution in [0.5, 0.6) is 0 Å². The van der Waals surface area contributed by atoms with E-state index in [1.54, 1.807) is 6.07 Å². The standard InChI is InChI=1S/C15H16BrNO4/c1-3-15(4-2)8-12(18)17(14(15)21)11-7-9(16)5-6-10(11)13(19)20/h5-7H,3-4,8H2,1-2H3,(H,19,20). The van der Waals surface area contributed by atoms with Crippen LogP contribution < -0.4 is 4.90 Å². The Morgan fingerprint density at radius 2 is 1.95 bits per heavy atom. The Labute approximate surface area is 131 Å². The second-order valence-electron chi connectivity index (χ2n) is 5.17. The van der Waals surface area contributed by atoms with Crippen LogP contribution in [0.1, 0.15) is 43.5 Å². The van der Waals surface area contributed by atoms with Crippen molar-refractivity contribution in [2.75, 3.05) is 4.90 Å². The smallest absolute Gasteiger partial charge is 0.337 e. The van der Waals surface area contributed by atoms with Gasteiger partial charge in [0, 0.05) is 10.9 Å². The molecule has 112 valence electrons. The highest BCUT2D eigenvalue weighted by atomic mass is 79.9. The van der Waals surface area contributed by atoms with Gasteiger partial charge in [-0.05, 0) is 31.0 Å². The first-order valence-electron chi connectivity index (χ1n) is 6.76. The molecule has 0 saturated carbocycles. The van der Waals surface area contributed by atoms with E-state index in [0.717, 1.165) is 4.90 Å². The molecule has 1 saturated heterocycles. The summed E-state index contributed by atoms with van der Waals surface area (Å²) < 4.78 is 0.619. The van der Waals surface area contributed by atoms with Crippen molar-refractivity contribution in [1.82, 2.24) is 0 Å². The predicted octanol–water partition coefficient (Wildman–Crippen LogP) is 3.22. The van der Waals surface area contributed by atoms with Gasteiger partial charge in [0.15, 0.2) is 0 Å². The maximum Gasteiger partial charge on any atom is 0.337 e. The highest BCUT2D eigenvalue weighted by Gasteiger charge is 2.50. The van der Waals surface area contributed by atoms with Crippen LogP contribution in [0.15, 0.2) is 22.7 Å². The maximum absolute atomic E-state index is 12.7. The molecule has 21 heavy (non-hydrogen) atoms. The average Bonchev–Trinajstić information content (AvgIpc) is 2.69. The van der Waals surface area contributed by atoms with Gasteiger partial charge in [-0.2, -0.15) is 0 Å². The average molecular weight is 354 g/mol. The van der Waals surface area contributed by atoms with Crippen LogP contribution in [0.2, 0.25) is 0 Å². The molecule has 1 aliphatic heterocycles. The molecule has 5 nitrogen and oxygen atoms in total. The number of carboxylic acids is 1. The summed E-state index contributed by atoms with van der Waals surface area (Å²) in [6.45, 7) is 3.74. The fraction of sp³-hybridized carbons (Fsp3) is 0.400. The molecule has 0 bridgehead atoms. The largest absolute Gasteiger partial charge is 0.478 e. The quantitative estimate of drug-likeness (QED) is 0.843. The van der Waals surface area contributed by atoms with E-state index in [9.17, 15) is 19.5 Å². The van der Waals surface area contributed by atoms with E-state index in [1.807, 2.05) is 13.8 Å². The van der Waals surface area contributed by atoms with Crippen LogP contribution in [-0.2, 0) is 9.59 Å². The fourth-order valence-corrected chi connectivity index (χ4v) is 3.06. The van der Waals surface area contributed by atoms with Crippen LogP contribution in [-0.4, -0.2) is 22.9 Å². The molecule has 0 radical (unpaired) electrons. The van der Waals surface area contributed by atoms with Crippen LogP contribution >= 0.6 is 15.9 Å². The molecule has 0 aliphatic carbocycles. The number of hydrogen-bond donors (Lipinski definition) is 1. The predicted molar refractivity (Wildman–Crippen MR) is 81.2 cm³/mol. The van der Waals surface area contributed by atoms with Crippen molar-refractivity contribution in [2.45, 2.75) is 33.1 Å². The van der Waals surface area contributed by atoms with Crippen molar-refractivity contribution in [2.24, 2.45) is 5.41 Å². The molecule has 0 unspecified atom stereocenters. The summed E-state index contributed by atoms with van der Waals surface area (Å²) in [4.78, 5) is 37.4. The van der Waals surface area contributed by atoms with Crippen molar-refractivity contribution < 1.29 is 19.5 Å². The Hall–Kier alpha value is -1.69. The minimum absolute atomic E-state index is 0.0529. The summed E-state index contributed by atoms with van der Waals surface area (Å²) >= 11 is 3.25. The lowest BCUT2D eigenvalue weighted by Gasteiger charge is -2.24. The van der Waals surface area contributed by atoms with Crippen molar-refractivity contribution in [3.63, 3.8) is 0 Å². The Morgan fingerprint density at radius 3 is 2.43 bits per heavy atom. The van der Waals surface area contributed by atoms with E-state index in [2.05, 4.69) is 15.9 Å². The summed E-state index contributed by atoms with van der Waals surface area (Å²) in [6.07, 6.45) is 1.24. The first-order chi connectivity index (χ1) is 9.86. The van der Waals surface area contributed by atoms with Gasteiger partial charge in [0.1, 0.15) is 0 Å². The number of imide groups is 1. The van der Waals surface area contributed by atoms with Gasteiger partial charge >= 0.3 is 5.97 Å². The highest BCUT2D eigenvalue weighted by molar-refractivity contribution is 9.10. The molecule has 2 rings (SSSR count). The van der Waals surface area contributed by atoms with Gasteiger partial charge in [0.05, 0.1) is 16.7 Å². The molecule has 1 fully saturated rings. The zero-order valence-corrected chi connectivity index (χ0v) is 13.4. The van der Waals surface area contributed by atoms with Crippen LogP contribution in [0.4, 0.5) is 5.69 Å². The zero-order chi connectivity index (χ0) is 15.8. The van der Waals surface area contributed by atoms with Crippen LogP contribution in [0, 0.1) is 5.41 Å². The van der Waals surface area contributed by atoms with Crippen molar-refractivity contribution >= 4 is 39.4 Å². The molecule has 0 atom stereocenters. The molecular formula is C15H16BrNO4. The molecular weight excluding hydrogens is 338 g/mol. The molecule has 0 aromatic heterocycles. The first-order valence-corrected chi connectivity index (χ1v) is 7.56. The van der Waals surface area contributed by atoms with Gasteiger partial charge in [-0.1, -0.05) is 29.8 Å². The summed E-state index contributed by atoms with van der Waals surface area (Å²) in [5.41, 5.74) is -0.631. The number of amides is 2. The third-order valence-corrected chi connectivity index (χ3v) is 4.67. The first kappa shape index (κ1) is 15.7. The van der Waals surface area contributed by atoms with E-state index >= 15 is 0 Å². The van der Waals surface area contributed by atoms with Gasteiger partial charge < -0.3 is 5.11 Å². The highest BCUT2D eigenvalue weighted by Crippen LogP contribution is 2.42. The Morgan fingerprint density at radius 1 is 1.33 bits per heavy atom. The number of halogens is 1. The van der Waals surface area contributed by atoms with Gasteiger partial charge in [-0.3, -0.25) is 9.59 Å². The minimum atomic E-state index is -1.16. The van der Waals surface area contributed by atoms with E-state index in [4.69, 9.17) is 0 Å². The number of nitrogens with zero attached hydrogens (tertiary/aromatic N) is 1. The normalized spacial score (nSPS) is 17.4. The van der Waals surface area contributed by atoms with Crippen molar-refractivity contribution in [1.29, 1.82) is 0 Å². The number of benzene rings is 1. The summed E-state index contributed by atoms with van der Waals surface area (Å²) in [5.74, 6) is -1.81. The molecule has 0 spiro atoms. The molecule has 1 N–H and O–H groups in total. The van der Waals surface area contributed by atoms with E-state index < -0.39 is 11.4 Å². The van der Waals surface area contributed by atoms with Gasteiger partial charge in [-0.15, -0.1) is 0 Å². The van der Waals surface area contributed by atoms with Gasteiger partial charge in [-0.25, -0.2) is 9.69 Å². The number of anilines is 1.